The Morgan fingerprint density at radius 3 is 2.86 bits per heavy atom. The molecule has 2 heterocycles. The second-order valence-electron chi connectivity index (χ2n) is 4.32. The normalized spacial score (nSPS) is 27.8. The van der Waals surface area contributed by atoms with E-state index in [-0.39, 0.29) is 17.7 Å². The summed E-state index contributed by atoms with van der Waals surface area (Å²) in [4.78, 5) is 15.4. The predicted molar refractivity (Wildman–Crippen MR) is 74.0 cm³/mol. The summed E-state index contributed by atoms with van der Waals surface area (Å²) >= 11 is 5.46. The summed E-state index contributed by atoms with van der Waals surface area (Å²) < 4.78 is 19.0. The van der Waals surface area contributed by atoms with Gasteiger partial charge in [-0.3, -0.25) is 4.57 Å². The van der Waals surface area contributed by atoms with Crippen molar-refractivity contribution in [1.29, 1.82) is 0 Å². The van der Waals surface area contributed by atoms with Crippen LogP contribution in [0.25, 0.3) is 6.08 Å². The van der Waals surface area contributed by atoms with Crippen molar-refractivity contribution >= 4 is 23.5 Å². The van der Waals surface area contributed by atoms with Crippen LogP contribution in [-0.2, 0) is 4.74 Å². The Bertz CT molecular complexity index is 646. The van der Waals surface area contributed by atoms with Gasteiger partial charge in [-0.25, -0.2) is 9.18 Å². The topological polar surface area (TPSA) is 111 Å². The van der Waals surface area contributed by atoms with E-state index in [1.54, 1.807) is 0 Å². The molecule has 1 aromatic heterocycles. The molecule has 1 saturated heterocycles. The summed E-state index contributed by atoms with van der Waals surface area (Å²) in [7, 11) is 0. The highest BCUT2D eigenvalue weighted by Crippen LogP contribution is 2.33. The number of aromatic nitrogens is 2. The smallest absolute Gasteiger partial charge is 0.351 e. The molecule has 2 rings (SSSR count). The molecule has 7 nitrogen and oxygen atoms in total. The monoisotopic (exact) mass is 317 g/mol. The molecule has 1 aliphatic heterocycles. The van der Waals surface area contributed by atoms with Crippen molar-refractivity contribution in [3.05, 3.63) is 39.7 Å². The molecule has 0 radical (unpaired) electrons. The van der Waals surface area contributed by atoms with E-state index in [2.05, 4.69) is 4.98 Å². The number of anilines is 1. The van der Waals surface area contributed by atoms with Crippen molar-refractivity contribution in [1.82, 2.24) is 9.55 Å². The van der Waals surface area contributed by atoms with Gasteiger partial charge in [-0.1, -0.05) is 11.6 Å². The lowest BCUT2D eigenvalue weighted by Gasteiger charge is -2.17. The highest BCUT2D eigenvalue weighted by atomic mass is 35.5. The van der Waals surface area contributed by atoms with Gasteiger partial charge in [0.15, 0.2) is 6.23 Å². The Morgan fingerprint density at radius 1 is 1.62 bits per heavy atom. The van der Waals surface area contributed by atoms with Crippen LogP contribution in [0.4, 0.5) is 10.2 Å². The highest BCUT2D eigenvalue weighted by Gasteiger charge is 2.40. The van der Waals surface area contributed by atoms with E-state index in [0.717, 1.165) is 4.57 Å². The van der Waals surface area contributed by atoms with Gasteiger partial charge >= 0.3 is 5.69 Å². The minimum absolute atomic E-state index is 0.0411. The zero-order chi connectivity index (χ0) is 15.6. The summed E-state index contributed by atoms with van der Waals surface area (Å²) in [6.07, 6.45) is -0.841. The van der Waals surface area contributed by atoms with Crippen molar-refractivity contribution in [2.75, 3.05) is 12.3 Å². The summed E-state index contributed by atoms with van der Waals surface area (Å²) in [5.41, 5.74) is 6.15. The van der Waals surface area contributed by atoms with Crippen LogP contribution in [0.1, 0.15) is 11.8 Å². The zero-order valence-corrected chi connectivity index (χ0v) is 11.4. The van der Waals surface area contributed by atoms with Gasteiger partial charge in [-0.05, 0) is 6.08 Å². The fraction of sp³-hybridized carbons (Fsp3) is 0.333. The molecule has 0 spiro atoms. The maximum Gasteiger partial charge on any atom is 0.351 e. The number of aliphatic hydroxyl groups is 2. The van der Waals surface area contributed by atoms with Gasteiger partial charge in [0.1, 0.15) is 18.0 Å². The number of nitrogen functional groups attached to an aromatic ring is 1. The first-order valence-corrected chi connectivity index (χ1v) is 6.37. The van der Waals surface area contributed by atoms with Gasteiger partial charge in [-0.15, -0.1) is 0 Å². The Kier molecular flexibility index (Phi) is 4.73. The molecular formula is C12H13ClFN3O4. The largest absolute Gasteiger partial charge is 0.393 e. The molecule has 0 aromatic carbocycles. The molecule has 3 unspecified atom stereocenters. The Labute approximate surface area is 123 Å². The molecule has 9 heteroatoms. The fourth-order valence-electron chi connectivity index (χ4n) is 2.05. The fourth-order valence-corrected chi connectivity index (χ4v) is 2.19. The van der Waals surface area contributed by atoms with E-state index in [9.17, 15) is 14.3 Å². The average Bonchev–Trinajstić information content (AvgIpc) is 2.78. The van der Waals surface area contributed by atoms with E-state index in [1.807, 2.05) is 0 Å². The molecule has 4 N–H and O–H groups in total. The zero-order valence-electron chi connectivity index (χ0n) is 10.7. The van der Waals surface area contributed by atoms with Gasteiger partial charge in [0.2, 0.25) is 0 Å². The molecule has 21 heavy (non-hydrogen) atoms. The van der Waals surface area contributed by atoms with Crippen LogP contribution in [0.5, 0.6) is 0 Å². The minimum Gasteiger partial charge on any atom is -0.393 e. The quantitative estimate of drug-likeness (QED) is 0.731. The molecule has 3 atom stereocenters. The van der Waals surface area contributed by atoms with Crippen LogP contribution < -0.4 is 11.4 Å². The first-order chi connectivity index (χ1) is 10.0. The van der Waals surface area contributed by atoms with E-state index >= 15 is 0 Å². The third kappa shape index (κ3) is 2.84. The van der Waals surface area contributed by atoms with Crippen molar-refractivity contribution < 1.29 is 19.3 Å². The number of nitrogens with zero attached hydrogens (tertiary/aromatic N) is 2. The molecule has 114 valence electrons. The molecule has 0 amide bonds. The number of aliphatic hydroxyl groups excluding tert-OH is 2. The number of hydrogen-bond donors (Lipinski definition) is 3. The predicted octanol–water partition coefficient (Wildman–Crippen LogP) is 0.139. The second-order valence-corrected chi connectivity index (χ2v) is 4.57. The molecule has 1 fully saturated rings. The van der Waals surface area contributed by atoms with E-state index < -0.39 is 30.7 Å². The van der Waals surface area contributed by atoms with Gasteiger partial charge in [0.25, 0.3) is 0 Å². The van der Waals surface area contributed by atoms with Crippen LogP contribution in [-0.4, -0.2) is 38.6 Å². The van der Waals surface area contributed by atoms with Crippen LogP contribution in [0.3, 0.4) is 0 Å². The Balaban J connectivity index is 2.47. The van der Waals surface area contributed by atoms with Gasteiger partial charge in [0, 0.05) is 22.9 Å². The van der Waals surface area contributed by atoms with Crippen molar-refractivity contribution in [3.63, 3.8) is 0 Å². The number of halogens is 2. The molecular weight excluding hydrogens is 305 g/mol. The van der Waals surface area contributed by atoms with E-state index in [1.165, 1.54) is 17.8 Å². The lowest BCUT2D eigenvalue weighted by atomic mass is 10.1. The second kappa shape index (κ2) is 6.35. The van der Waals surface area contributed by atoms with E-state index in [0.29, 0.717) is 5.56 Å². The summed E-state index contributed by atoms with van der Waals surface area (Å²) in [6, 6.07) is 0. The maximum absolute atomic E-state index is 12.8. The summed E-state index contributed by atoms with van der Waals surface area (Å²) in [6.45, 7) is -0.533. The van der Waals surface area contributed by atoms with E-state index in [4.69, 9.17) is 27.2 Å². The maximum atomic E-state index is 12.8. The minimum atomic E-state index is -1.43. The van der Waals surface area contributed by atoms with Crippen LogP contribution in [0, 0.1) is 0 Å². The van der Waals surface area contributed by atoms with Crippen molar-refractivity contribution in [2.45, 2.75) is 18.4 Å². The molecule has 1 aromatic rings. The van der Waals surface area contributed by atoms with Crippen molar-refractivity contribution in [2.24, 2.45) is 0 Å². The number of ether oxygens (including phenoxy) is 1. The van der Waals surface area contributed by atoms with Gasteiger partial charge in [-0.2, -0.15) is 4.98 Å². The average molecular weight is 318 g/mol. The SMILES string of the molecule is Nc1nc(=O)n(C2OC(CO)/C(=C/F)C2O)cc1/C=C\Cl. The van der Waals surface area contributed by atoms with Crippen molar-refractivity contribution in [3.8, 4) is 0 Å². The lowest BCUT2D eigenvalue weighted by molar-refractivity contribution is -0.0527. The number of hydrogen-bond acceptors (Lipinski definition) is 6. The number of nitrogens with two attached hydrogens (primary N) is 1. The highest BCUT2D eigenvalue weighted by molar-refractivity contribution is 6.27. The van der Waals surface area contributed by atoms with Gasteiger partial charge in [0.05, 0.1) is 12.9 Å². The molecule has 1 aliphatic rings. The standard InChI is InChI=1S/C12H13ClFN3O4/c13-2-1-6-4-17(12(20)16-10(6)15)11-9(19)7(3-14)8(5-18)21-11/h1-4,8-9,11,18-19H,5H2,(H2,15,16,20)/b2-1-,7-3-. The summed E-state index contributed by atoms with van der Waals surface area (Å²) in [5.74, 6) is -0.0411. The lowest BCUT2D eigenvalue weighted by Crippen LogP contribution is -2.32. The first-order valence-electron chi connectivity index (χ1n) is 5.93. The number of rotatable bonds is 3. The molecule has 0 aliphatic carbocycles. The van der Waals surface area contributed by atoms with Gasteiger partial charge < -0.3 is 20.7 Å². The van der Waals surface area contributed by atoms with Crippen LogP contribution in [0.15, 0.2) is 28.4 Å². The Morgan fingerprint density at radius 2 is 2.33 bits per heavy atom. The first kappa shape index (κ1) is 15.6. The van der Waals surface area contributed by atoms with Crippen LogP contribution >= 0.6 is 11.6 Å². The van der Waals surface area contributed by atoms with Crippen LogP contribution in [0.2, 0.25) is 0 Å². The molecule has 0 bridgehead atoms. The molecule has 0 saturated carbocycles. The third-order valence-corrected chi connectivity index (χ3v) is 3.23. The third-order valence-electron chi connectivity index (χ3n) is 3.11. The Hall–Kier alpha value is -1.74. The summed E-state index contributed by atoms with van der Waals surface area (Å²) in [5, 5.41) is 19.1.